The van der Waals surface area contributed by atoms with E-state index in [2.05, 4.69) is 43.2 Å². The van der Waals surface area contributed by atoms with Crippen molar-refractivity contribution < 1.29 is 9.21 Å². The molecule has 0 radical (unpaired) electrons. The molecule has 0 unspecified atom stereocenters. The highest BCUT2D eigenvalue weighted by Gasteiger charge is 2.13. The van der Waals surface area contributed by atoms with E-state index < -0.39 is 0 Å². The van der Waals surface area contributed by atoms with Crippen LogP contribution in [0.4, 0.5) is 0 Å². The first-order chi connectivity index (χ1) is 12.5. The highest BCUT2D eigenvalue weighted by molar-refractivity contribution is 7.99. The number of carbonyl (C=O) groups excluding carboxylic acids is 1. The van der Waals surface area contributed by atoms with Gasteiger partial charge in [-0.2, -0.15) is 0 Å². The lowest BCUT2D eigenvalue weighted by atomic mass is 10.1. The van der Waals surface area contributed by atoms with Crippen molar-refractivity contribution in [1.29, 1.82) is 0 Å². The maximum Gasteiger partial charge on any atom is 0.277 e. The van der Waals surface area contributed by atoms with Crippen LogP contribution in [0.3, 0.4) is 0 Å². The maximum absolute atomic E-state index is 12.1. The number of rotatable bonds is 10. The van der Waals surface area contributed by atoms with Crippen LogP contribution in [0.1, 0.15) is 57.1 Å². The number of carbonyl (C=O) groups is 1. The smallest absolute Gasteiger partial charge is 0.277 e. The Morgan fingerprint density at radius 2 is 2.00 bits per heavy atom. The van der Waals surface area contributed by atoms with Crippen LogP contribution in [0, 0.1) is 13.8 Å². The van der Waals surface area contributed by atoms with Crippen molar-refractivity contribution in [1.82, 2.24) is 15.5 Å². The Labute approximate surface area is 160 Å². The fourth-order valence-corrected chi connectivity index (χ4v) is 3.23. The lowest BCUT2D eigenvalue weighted by Gasteiger charge is -2.13. The number of benzene rings is 1. The number of aromatic nitrogens is 2. The Bertz CT molecular complexity index is 715. The number of nitrogens with one attached hydrogen (secondary N) is 1. The minimum atomic E-state index is 0.00363. The van der Waals surface area contributed by atoms with E-state index in [1.54, 1.807) is 0 Å². The number of hydrogen-bond donors (Lipinski definition) is 1. The third kappa shape index (κ3) is 6.48. The topological polar surface area (TPSA) is 68.0 Å². The first kappa shape index (κ1) is 20.5. The second kappa shape index (κ2) is 10.4. The van der Waals surface area contributed by atoms with E-state index in [0.717, 1.165) is 18.4 Å². The molecule has 0 bridgehead atoms. The quantitative estimate of drug-likeness (QED) is 0.471. The minimum Gasteiger partial charge on any atom is -0.411 e. The van der Waals surface area contributed by atoms with E-state index in [4.69, 9.17) is 4.42 Å². The van der Waals surface area contributed by atoms with Crippen molar-refractivity contribution in [2.45, 2.75) is 71.1 Å². The summed E-state index contributed by atoms with van der Waals surface area (Å²) in [6, 6.07) is 6.24. The normalized spacial score (nSPS) is 12.2. The van der Waals surface area contributed by atoms with E-state index in [9.17, 15) is 4.79 Å². The van der Waals surface area contributed by atoms with Gasteiger partial charge in [0.2, 0.25) is 11.8 Å². The van der Waals surface area contributed by atoms with Crippen LogP contribution < -0.4 is 5.32 Å². The maximum atomic E-state index is 12.1. The summed E-state index contributed by atoms with van der Waals surface area (Å²) < 4.78 is 5.67. The van der Waals surface area contributed by atoms with Crippen LogP contribution in [0.15, 0.2) is 27.8 Å². The molecule has 0 fully saturated rings. The molecule has 1 heterocycles. The first-order valence-corrected chi connectivity index (χ1v) is 10.3. The number of aryl methyl sites for hydroxylation is 2. The third-order valence-electron chi connectivity index (χ3n) is 4.39. The van der Waals surface area contributed by atoms with Gasteiger partial charge in [0.1, 0.15) is 0 Å². The number of unbranched alkanes of at least 4 members (excludes halogenated alkanes) is 3. The molecule has 1 aromatic heterocycles. The monoisotopic (exact) mass is 375 g/mol. The van der Waals surface area contributed by atoms with Crippen LogP contribution in [-0.2, 0) is 4.79 Å². The Balaban J connectivity index is 1.78. The molecule has 1 N–H and O–H groups in total. The van der Waals surface area contributed by atoms with Gasteiger partial charge in [-0.25, -0.2) is 0 Å². The predicted molar refractivity (Wildman–Crippen MR) is 106 cm³/mol. The molecule has 6 heteroatoms. The molecule has 26 heavy (non-hydrogen) atoms. The summed E-state index contributed by atoms with van der Waals surface area (Å²) in [6.07, 6.45) is 5.90. The first-order valence-electron chi connectivity index (χ1n) is 9.33. The van der Waals surface area contributed by atoms with Gasteiger partial charge >= 0.3 is 0 Å². The molecular formula is C20H29N3O2S. The summed E-state index contributed by atoms with van der Waals surface area (Å²) in [5.41, 5.74) is 3.31. The van der Waals surface area contributed by atoms with Crippen molar-refractivity contribution in [3.63, 3.8) is 0 Å². The van der Waals surface area contributed by atoms with Crippen LogP contribution in [-0.4, -0.2) is 27.9 Å². The average molecular weight is 376 g/mol. The Hall–Kier alpha value is -1.82. The van der Waals surface area contributed by atoms with Gasteiger partial charge in [0.05, 0.1) is 5.75 Å². The SMILES string of the molecule is CCCCCC[C@H](C)NC(=O)CSc1nnc(-c2ccc(C)c(C)c2)o1. The van der Waals surface area contributed by atoms with Crippen LogP contribution in [0.2, 0.25) is 0 Å². The predicted octanol–water partition coefficient (Wildman–Crippen LogP) is 4.92. The fourth-order valence-electron chi connectivity index (χ4n) is 2.65. The molecular weight excluding hydrogens is 346 g/mol. The molecule has 0 aliphatic carbocycles. The molecule has 5 nitrogen and oxygen atoms in total. The number of thioether (sulfide) groups is 1. The van der Waals surface area contributed by atoms with Crippen molar-refractivity contribution in [3.8, 4) is 11.5 Å². The Kier molecular flexibility index (Phi) is 8.16. The van der Waals surface area contributed by atoms with Crippen molar-refractivity contribution in [2.75, 3.05) is 5.75 Å². The summed E-state index contributed by atoms with van der Waals surface area (Å²) >= 11 is 1.27. The molecule has 1 aromatic carbocycles. The largest absolute Gasteiger partial charge is 0.411 e. The van der Waals surface area contributed by atoms with E-state index in [-0.39, 0.29) is 17.7 Å². The standard InChI is InChI=1S/C20H29N3O2S/c1-5-6-7-8-9-16(4)21-18(24)13-26-20-23-22-19(25-20)17-11-10-14(2)15(3)12-17/h10-12,16H,5-9,13H2,1-4H3,(H,21,24)/t16-/m0/s1. The zero-order valence-electron chi connectivity index (χ0n) is 16.2. The minimum absolute atomic E-state index is 0.00363. The second-order valence-corrected chi connectivity index (χ2v) is 7.71. The summed E-state index contributed by atoms with van der Waals surface area (Å²) in [6.45, 7) is 8.38. The molecule has 142 valence electrons. The Morgan fingerprint density at radius 3 is 2.73 bits per heavy atom. The summed E-state index contributed by atoms with van der Waals surface area (Å²) in [4.78, 5) is 12.1. The second-order valence-electron chi connectivity index (χ2n) is 6.78. The van der Waals surface area contributed by atoms with E-state index in [0.29, 0.717) is 11.1 Å². The van der Waals surface area contributed by atoms with Crippen molar-refractivity contribution in [2.24, 2.45) is 0 Å². The van der Waals surface area contributed by atoms with Crippen molar-refractivity contribution in [3.05, 3.63) is 29.3 Å². The molecule has 0 aliphatic rings. The average Bonchev–Trinajstić information content (AvgIpc) is 3.08. The van der Waals surface area contributed by atoms with Crippen LogP contribution >= 0.6 is 11.8 Å². The molecule has 1 atom stereocenters. The van der Waals surface area contributed by atoms with Gasteiger partial charge < -0.3 is 9.73 Å². The number of nitrogens with zero attached hydrogens (tertiary/aromatic N) is 2. The Morgan fingerprint density at radius 1 is 1.19 bits per heavy atom. The summed E-state index contributed by atoms with van der Waals surface area (Å²) in [5, 5.41) is 11.6. The number of hydrogen-bond acceptors (Lipinski definition) is 5. The number of amides is 1. The van der Waals surface area contributed by atoms with Gasteiger partial charge in [-0.1, -0.05) is 50.4 Å². The van der Waals surface area contributed by atoms with E-state index >= 15 is 0 Å². The molecule has 0 saturated heterocycles. The zero-order chi connectivity index (χ0) is 18.9. The summed E-state index contributed by atoms with van der Waals surface area (Å²) in [7, 11) is 0. The lowest BCUT2D eigenvalue weighted by molar-refractivity contribution is -0.119. The van der Waals surface area contributed by atoms with Gasteiger partial charge in [-0.15, -0.1) is 10.2 Å². The highest BCUT2D eigenvalue weighted by atomic mass is 32.2. The molecule has 0 spiro atoms. The molecule has 1 amide bonds. The van der Waals surface area contributed by atoms with Gasteiger partial charge in [0, 0.05) is 11.6 Å². The third-order valence-corrected chi connectivity index (χ3v) is 5.20. The zero-order valence-corrected chi connectivity index (χ0v) is 17.0. The fraction of sp³-hybridized carbons (Fsp3) is 0.550. The van der Waals surface area contributed by atoms with Crippen LogP contribution in [0.25, 0.3) is 11.5 Å². The summed E-state index contributed by atoms with van der Waals surface area (Å²) in [5.74, 6) is 0.776. The van der Waals surface area contributed by atoms with E-state index in [1.807, 2.05) is 18.2 Å². The van der Waals surface area contributed by atoms with Crippen molar-refractivity contribution >= 4 is 17.7 Å². The lowest BCUT2D eigenvalue weighted by Crippen LogP contribution is -2.33. The molecule has 2 rings (SSSR count). The highest BCUT2D eigenvalue weighted by Crippen LogP contribution is 2.24. The molecule has 0 saturated carbocycles. The molecule has 2 aromatic rings. The van der Waals surface area contributed by atoms with Gasteiger partial charge in [-0.3, -0.25) is 4.79 Å². The van der Waals surface area contributed by atoms with Gasteiger partial charge in [0.15, 0.2) is 0 Å². The van der Waals surface area contributed by atoms with Crippen LogP contribution in [0.5, 0.6) is 0 Å². The van der Waals surface area contributed by atoms with Gasteiger partial charge in [-0.05, 0) is 50.5 Å². The molecule has 0 aliphatic heterocycles. The van der Waals surface area contributed by atoms with E-state index in [1.165, 1.54) is 42.2 Å². The van der Waals surface area contributed by atoms with Gasteiger partial charge in [0.25, 0.3) is 5.22 Å².